The summed E-state index contributed by atoms with van der Waals surface area (Å²) < 4.78 is 5.10. The fraction of sp³-hybridized carbons (Fsp3) is 0.182. The molecule has 3 N–H and O–H groups in total. The molecule has 0 bridgehead atoms. The van der Waals surface area contributed by atoms with Gasteiger partial charge in [-0.3, -0.25) is 4.98 Å². The number of aliphatic hydroxyl groups excluding tert-OH is 1. The maximum Gasteiger partial charge on any atom is 0.132 e. The number of furan rings is 1. The number of rotatable bonds is 3. The van der Waals surface area contributed by atoms with E-state index < -0.39 is 6.10 Å². The number of nitrogens with two attached hydrogens (primary N) is 1. The van der Waals surface area contributed by atoms with E-state index in [1.165, 1.54) is 6.26 Å². The Kier molecular flexibility index (Phi) is 2.69. The Morgan fingerprint density at radius 2 is 2.33 bits per heavy atom. The molecule has 0 radical (unpaired) electrons. The molecule has 0 aliphatic heterocycles. The summed E-state index contributed by atoms with van der Waals surface area (Å²) in [6.07, 6.45) is 4.55. The molecule has 2 aromatic rings. The summed E-state index contributed by atoms with van der Waals surface area (Å²) in [6, 6.07) is 5.19. The van der Waals surface area contributed by atoms with E-state index in [9.17, 15) is 5.11 Å². The largest absolute Gasteiger partial charge is 0.467 e. The predicted molar refractivity (Wildman–Crippen MR) is 56.0 cm³/mol. The number of nitrogens with zero attached hydrogens (tertiary/aromatic N) is 1. The average Bonchev–Trinajstić information content (AvgIpc) is 2.74. The smallest absolute Gasteiger partial charge is 0.132 e. The fourth-order valence-corrected chi connectivity index (χ4v) is 1.40. The third kappa shape index (κ3) is 2.16. The molecule has 2 rings (SSSR count). The minimum atomic E-state index is -0.675. The van der Waals surface area contributed by atoms with Gasteiger partial charge in [-0.05, 0) is 23.8 Å². The predicted octanol–water partition coefficient (Wildman–Crippen LogP) is 1.53. The number of pyridine rings is 1. The molecule has 0 amide bonds. The first kappa shape index (κ1) is 9.73. The van der Waals surface area contributed by atoms with Gasteiger partial charge in [0.15, 0.2) is 0 Å². The second-order valence-corrected chi connectivity index (χ2v) is 3.31. The van der Waals surface area contributed by atoms with Crippen LogP contribution in [-0.4, -0.2) is 10.1 Å². The average molecular weight is 204 g/mol. The summed E-state index contributed by atoms with van der Waals surface area (Å²) in [6.45, 7) is 0. The molecule has 0 aliphatic carbocycles. The molecule has 0 saturated carbocycles. The molecule has 2 aromatic heterocycles. The maximum atomic E-state index is 9.81. The van der Waals surface area contributed by atoms with Crippen molar-refractivity contribution in [2.45, 2.75) is 12.5 Å². The molecule has 0 saturated heterocycles. The maximum absolute atomic E-state index is 9.81. The minimum Gasteiger partial charge on any atom is -0.467 e. The number of hydrogen-bond acceptors (Lipinski definition) is 4. The molecule has 0 spiro atoms. The van der Waals surface area contributed by atoms with Crippen molar-refractivity contribution in [2.75, 3.05) is 5.73 Å². The van der Waals surface area contributed by atoms with Crippen LogP contribution in [0.15, 0.2) is 41.3 Å². The van der Waals surface area contributed by atoms with Gasteiger partial charge in [0, 0.05) is 24.5 Å². The highest BCUT2D eigenvalue weighted by Crippen LogP contribution is 2.21. The van der Waals surface area contributed by atoms with Crippen LogP contribution in [0.5, 0.6) is 0 Å². The Labute approximate surface area is 87.4 Å². The molecule has 4 heteroatoms. The molecule has 78 valence electrons. The highest BCUT2D eigenvalue weighted by atomic mass is 16.4. The van der Waals surface area contributed by atoms with Gasteiger partial charge in [-0.2, -0.15) is 0 Å². The summed E-state index contributed by atoms with van der Waals surface area (Å²) >= 11 is 0. The molecular formula is C11H12N2O2. The van der Waals surface area contributed by atoms with Crippen molar-refractivity contribution in [3.8, 4) is 0 Å². The molecule has 0 aliphatic rings. The first-order valence-electron chi connectivity index (χ1n) is 4.67. The summed E-state index contributed by atoms with van der Waals surface area (Å²) in [4.78, 5) is 3.96. The van der Waals surface area contributed by atoms with Crippen molar-refractivity contribution < 1.29 is 9.52 Å². The summed E-state index contributed by atoms with van der Waals surface area (Å²) in [5.41, 5.74) is 7.20. The van der Waals surface area contributed by atoms with E-state index in [0.717, 1.165) is 5.56 Å². The van der Waals surface area contributed by atoms with Crippen LogP contribution in [-0.2, 0) is 6.42 Å². The monoisotopic (exact) mass is 204 g/mol. The second kappa shape index (κ2) is 4.14. The molecular weight excluding hydrogens is 192 g/mol. The van der Waals surface area contributed by atoms with E-state index >= 15 is 0 Å². The Morgan fingerprint density at radius 1 is 1.47 bits per heavy atom. The van der Waals surface area contributed by atoms with Gasteiger partial charge in [-0.15, -0.1) is 0 Å². The van der Waals surface area contributed by atoms with E-state index in [2.05, 4.69) is 4.98 Å². The van der Waals surface area contributed by atoms with Gasteiger partial charge in [-0.1, -0.05) is 0 Å². The minimum absolute atomic E-state index is 0.410. The number of hydrogen-bond donors (Lipinski definition) is 2. The van der Waals surface area contributed by atoms with E-state index in [0.29, 0.717) is 17.9 Å². The van der Waals surface area contributed by atoms with E-state index in [1.807, 2.05) is 0 Å². The molecule has 4 nitrogen and oxygen atoms in total. The first-order valence-corrected chi connectivity index (χ1v) is 4.67. The van der Waals surface area contributed by atoms with Crippen LogP contribution in [0.3, 0.4) is 0 Å². The van der Waals surface area contributed by atoms with Crippen LogP contribution in [0.1, 0.15) is 17.4 Å². The Balaban J connectivity index is 2.13. The second-order valence-electron chi connectivity index (χ2n) is 3.31. The van der Waals surface area contributed by atoms with Crippen molar-refractivity contribution in [1.29, 1.82) is 0 Å². The Bertz CT molecular complexity index is 426. The highest BCUT2D eigenvalue weighted by molar-refractivity contribution is 5.44. The van der Waals surface area contributed by atoms with Gasteiger partial charge >= 0.3 is 0 Å². The SMILES string of the molecule is Nc1ccncc1CC(O)c1ccco1. The van der Waals surface area contributed by atoms with Gasteiger partial charge < -0.3 is 15.3 Å². The zero-order valence-corrected chi connectivity index (χ0v) is 8.13. The quantitative estimate of drug-likeness (QED) is 0.795. The number of nitrogen functional groups attached to an aromatic ring is 1. The zero-order chi connectivity index (χ0) is 10.7. The topological polar surface area (TPSA) is 72.3 Å². The first-order chi connectivity index (χ1) is 7.27. The van der Waals surface area contributed by atoms with Crippen molar-refractivity contribution >= 4 is 5.69 Å². The lowest BCUT2D eigenvalue weighted by molar-refractivity contribution is 0.150. The normalized spacial score (nSPS) is 12.6. The van der Waals surface area contributed by atoms with Crippen molar-refractivity contribution in [2.24, 2.45) is 0 Å². The molecule has 0 aromatic carbocycles. The third-order valence-corrected chi connectivity index (χ3v) is 2.23. The van der Waals surface area contributed by atoms with Crippen molar-refractivity contribution in [3.05, 3.63) is 48.2 Å². The summed E-state index contributed by atoms with van der Waals surface area (Å²) in [5.74, 6) is 0.540. The Hall–Kier alpha value is -1.81. The zero-order valence-electron chi connectivity index (χ0n) is 8.13. The van der Waals surface area contributed by atoms with E-state index in [1.54, 1.807) is 30.6 Å². The van der Waals surface area contributed by atoms with Gasteiger partial charge in [0.2, 0.25) is 0 Å². The lowest BCUT2D eigenvalue weighted by Crippen LogP contribution is -2.03. The molecule has 0 fully saturated rings. The van der Waals surface area contributed by atoms with Gasteiger partial charge in [0.05, 0.1) is 6.26 Å². The summed E-state index contributed by atoms with van der Waals surface area (Å²) in [7, 11) is 0. The highest BCUT2D eigenvalue weighted by Gasteiger charge is 2.12. The third-order valence-electron chi connectivity index (χ3n) is 2.23. The fourth-order valence-electron chi connectivity index (χ4n) is 1.40. The molecule has 1 unspecified atom stereocenters. The molecule has 2 heterocycles. The number of anilines is 1. The van der Waals surface area contributed by atoms with Crippen LogP contribution in [0, 0.1) is 0 Å². The van der Waals surface area contributed by atoms with E-state index in [-0.39, 0.29) is 0 Å². The van der Waals surface area contributed by atoms with Gasteiger partial charge in [0.1, 0.15) is 11.9 Å². The molecule has 15 heavy (non-hydrogen) atoms. The van der Waals surface area contributed by atoms with Gasteiger partial charge in [0.25, 0.3) is 0 Å². The van der Waals surface area contributed by atoms with Crippen LogP contribution in [0.2, 0.25) is 0 Å². The Morgan fingerprint density at radius 3 is 3.00 bits per heavy atom. The lowest BCUT2D eigenvalue weighted by Gasteiger charge is -2.09. The molecule has 1 atom stereocenters. The number of aliphatic hydroxyl groups is 1. The van der Waals surface area contributed by atoms with Gasteiger partial charge in [-0.25, -0.2) is 0 Å². The standard InChI is InChI=1S/C11H12N2O2/c12-9-3-4-13-7-8(9)6-10(14)11-2-1-5-15-11/h1-5,7,10,14H,6H2,(H2,12,13). The van der Waals surface area contributed by atoms with E-state index in [4.69, 9.17) is 10.2 Å². The van der Waals surface area contributed by atoms with Crippen molar-refractivity contribution in [1.82, 2.24) is 4.98 Å². The summed E-state index contributed by atoms with van der Waals surface area (Å²) in [5, 5.41) is 9.81. The van der Waals surface area contributed by atoms with Crippen LogP contribution >= 0.6 is 0 Å². The van der Waals surface area contributed by atoms with Crippen LogP contribution in [0.4, 0.5) is 5.69 Å². The van der Waals surface area contributed by atoms with Crippen LogP contribution < -0.4 is 5.73 Å². The lowest BCUT2D eigenvalue weighted by atomic mass is 10.1. The van der Waals surface area contributed by atoms with Crippen molar-refractivity contribution in [3.63, 3.8) is 0 Å². The van der Waals surface area contributed by atoms with Crippen LogP contribution in [0.25, 0.3) is 0 Å². The number of aromatic nitrogens is 1.